The molecule has 4 aromatic rings. The van der Waals surface area contributed by atoms with Gasteiger partial charge in [0.25, 0.3) is 0 Å². The fourth-order valence-corrected chi connectivity index (χ4v) is 4.22. The normalized spacial score (nSPS) is 12.7. The third-order valence-corrected chi connectivity index (χ3v) is 6.22. The van der Waals surface area contributed by atoms with Crippen LogP contribution in [0.2, 0.25) is 5.02 Å². The lowest BCUT2D eigenvalue weighted by Gasteiger charge is -2.27. The van der Waals surface area contributed by atoms with Crippen molar-refractivity contribution in [1.29, 1.82) is 0 Å². The van der Waals surface area contributed by atoms with Crippen LogP contribution in [0.15, 0.2) is 65.7 Å². The van der Waals surface area contributed by atoms with Crippen molar-refractivity contribution in [2.75, 3.05) is 0 Å². The van der Waals surface area contributed by atoms with Crippen LogP contribution in [0.3, 0.4) is 0 Å². The molecule has 0 saturated heterocycles. The van der Waals surface area contributed by atoms with E-state index < -0.39 is 0 Å². The molecule has 176 valence electrons. The average Bonchev–Trinajstić information content (AvgIpc) is 3.10. The molecule has 0 bridgehead atoms. The molecule has 3 aromatic carbocycles. The van der Waals surface area contributed by atoms with Gasteiger partial charge in [-0.25, -0.2) is 9.98 Å². The van der Waals surface area contributed by atoms with Gasteiger partial charge in [-0.2, -0.15) is 0 Å². The van der Waals surface area contributed by atoms with Crippen LogP contribution < -0.4 is 0 Å². The van der Waals surface area contributed by atoms with Crippen molar-refractivity contribution in [3.63, 3.8) is 0 Å². The smallest absolute Gasteiger partial charge is 0.230 e. The van der Waals surface area contributed by atoms with Crippen LogP contribution in [0.1, 0.15) is 63.8 Å². The molecule has 5 heteroatoms. The van der Waals surface area contributed by atoms with Crippen LogP contribution in [-0.2, 0) is 17.4 Å². The first-order valence-corrected chi connectivity index (χ1v) is 11.9. The van der Waals surface area contributed by atoms with Gasteiger partial charge in [-0.05, 0) is 58.4 Å². The topological polar surface area (TPSA) is 50.4 Å². The molecule has 4 rings (SSSR count). The van der Waals surface area contributed by atoms with E-state index in [1.54, 1.807) is 0 Å². The van der Waals surface area contributed by atoms with Crippen LogP contribution >= 0.6 is 11.6 Å². The molecule has 0 radical (unpaired) electrons. The molecule has 1 aromatic heterocycles. The first-order valence-electron chi connectivity index (χ1n) is 11.6. The Balaban J connectivity index is 1.80. The highest BCUT2D eigenvalue weighted by Crippen LogP contribution is 2.39. The second-order valence-corrected chi connectivity index (χ2v) is 11.3. The van der Waals surface area contributed by atoms with Crippen molar-refractivity contribution in [3.8, 4) is 5.75 Å². The zero-order chi connectivity index (χ0) is 24.7. The van der Waals surface area contributed by atoms with Gasteiger partial charge in [-0.1, -0.05) is 77.4 Å². The number of hydrogen-bond donors (Lipinski definition) is 1. The van der Waals surface area contributed by atoms with Crippen LogP contribution in [0.4, 0.5) is 5.95 Å². The van der Waals surface area contributed by atoms with Crippen molar-refractivity contribution in [1.82, 2.24) is 9.55 Å². The molecule has 0 unspecified atom stereocenters. The lowest BCUT2D eigenvalue weighted by Crippen LogP contribution is -2.17. The molecule has 1 N–H and O–H groups in total. The van der Waals surface area contributed by atoms with E-state index in [0.717, 1.165) is 33.3 Å². The molecule has 0 aliphatic heterocycles. The van der Waals surface area contributed by atoms with Crippen LogP contribution in [0.5, 0.6) is 5.75 Å². The summed E-state index contributed by atoms with van der Waals surface area (Å²) in [7, 11) is 0. The van der Waals surface area contributed by atoms with Crippen molar-refractivity contribution < 1.29 is 5.11 Å². The van der Waals surface area contributed by atoms with E-state index in [4.69, 9.17) is 21.6 Å². The Hall–Kier alpha value is -3.11. The number of rotatable bonds is 4. The largest absolute Gasteiger partial charge is 0.507 e. The molecule has 0 spiro atoms. The number of hydrogen-bond acceptors (Lipinski definition) is 3. The summed E-state index contributed by atoms with van der Waals surface area (Å²) < 4.78 is 2.12. The molecular weight excluding hydrogens is 442 g/mol. The number of aromatic hydroxyl groups is 1. The molecule has 34 heavy (non-hydrogen) atoms. The van der Waals surface area contributed by atoms with Crippen molar-refractivity contribution in [2.45, 2.75) is 58.9 Å². The summed E-state index contributed by atoms with van der Waals surface area (Å²) in [6.07, 6.45) is 1.85. The summed E-state index contributed by atoms with van der Waals surface area (Å²) in [6, 6.07) is 20.0. The van der Waals surface area contributed by atoms with Crippen LogP contribution in [0, 0.1) is 0 Å². The number of imidazole rings is 1. The van der Waals surface area contributed by atoms with Gasteiger partial charge in [0.15, 0.2) is 0 Å². The third kappa shape index (κ3) is 5.02. The van der Waals surface area contributed by atoms with E-state index in [2.05, 4.69) is 52.2 Å². The molecule has 1 heterocycles. The zero-order valence-corrected chi connectivity index (χ0v) is 21.5. The third-order valence-electron chi connectivity index (χ3n) is 5.97. The minimum Gasteiger partial charge on any atom is -0.507 e. The second-order valence-electron chi connectivity index (χ2n) is 10.8. The highest BCUT2D eigenvalue weighted by Gasteiger charge is 2.26. The summed E-state index contributed by atoms with van der Waals surface area (Å²) in [5.41, 5.74) is 5.43. The highest BCUT2D eigenvalue weighted by atomic mass is 35.5. The monoisotopic (exact) mass is 473 g/mol. The second kappa shape index (κ2) is 8.92. The number of nitrogens with zero attached hydrogens (tertiary/aromatic N) is 3. The van der Waals surface area contributed by atoms with E-state index in [0.29, 0.717) is 23.3 Å². The summed E-state index contributed by atoms with van der Waals surface area (Å²) in [5, 5.41) is 11.7. The van der Waals surface area contributed by atoms with Crippen molar-refractivity contribution in [3.05, 3.63) is 87.9 Å². The van der Waals surface area contributed by atoms with E-state index >= 15 is 0 Å². The number of halogens is 1. The van der Waals surface area contributed by atoms with Gasteiger partial charge in [-0.15, -0.1) is 0 Å². The number of aliphatic imine (C=N–C) groups is 1. The lowest BCUT2D eigenvalue weighted by atomic mass is 9.78. The Kier molecular flexibility index (Phi) is 6.30. The minimum absolute atomic E-state index is 0.199. The standard InChI is InChI=1S/C29H32ClN3O/c1-28(2,3)22-15-20(16-23(26(22)34)29(4,5)6)17-31-27-32-24-9-7-8-10-25(24)33(27)18-19-11-13-21(30)14-12-19/h7-17,34H,18H2,1-6H3. The number of aromatic nitrogens is 2. The molecule has 4 nitrogen and oxygen atoms in total. The molecule has 0 saturated carbocycles. The molecular formula is C29H32ClN3O. The van der Waals surface area contributed by atoms with Gasteiger partial charge in [0, 0.05) is 22.4 Å². The van der Waals surface area contributed by atoms with Gasteiger partial charge < -0.3 is 9.67 Å². The molecule has 0 atom stereocenters. The number of para-hydroxylation sites is 2. The van der Waals surface area contributed by atoms with Crippen LogP contribution in [0.25, 0.3) is 11.0 Å². The van der Waals surface area contributed by atoms with E-state index in [9.17, 15) is 5.11 Å². The van der Waals surface area contributed by atoms with Gasteiger partial charge >= 0.3 is 0 Å². The van der Waals surface area contributed by atoms with Gasteiger partial charge in [0.2, 0.25) is 5.95 Å². The maximum absolute atomic E-state index is 11.0. The van der Waals surface area contributed by atoms with Gasteiger partial charge in [0.1, 0.15) is 5.75 Å². The van der Waals surface area contributed by atoms with E-state index in [1.807, 2.05) is 60.8 Å². The van der Waals surface area contributed by atoms with Crippen LogP contribution in [-0.4, -0.2) is 20.9 Å². The van der Waals surface area contributed by atoms with Crippen molar-refractivity contribution >= 4 is 34.8 Å². The first kappa shape index (κ1) is 24.0. The Labute approximate surface area is 207 Å². The highest BCUT2D eigenvalue weighted by molar-refractivity contribution is 6.30. The van der Waals surface area contributed by atoms with E-state index in [-0.39, 0.29) is 10.8 Å². The Morgan fingerprint density at radius 3 is 2.09 bits per heavy atom. The summed E-state index contributed by atoms with van der Waals surface area (Å²) in [6.45, 7) is 13.3. The first-order chi connectivity index (χ1) is 15.9. The molecule has 0 aliphatic carbocycles. The molecule has 0 fully saturated rings. The fourth-order valence-electron chi connectivity index (χ4n) is 4.10. The molecule has 0 aliphatic rings. The Bertz CT molecular complexity index is 1320. The quantitative estimate of drug-likeness (QED) is 0.307. The number of benzene rings is 3. The van der Waals surface area contributed by atoms with E-state index in [1.165, 1.54) is 0 Å². The Morgan fingerprint density at radius 2 is 1.50 bits per heavy atom. The minimum atomic E-state index is -0.199. The summed E-state index contributed by atoms with van der Waals surface area (Å²) >= 11 is 6.08. The summed E-state index contributed by atoms with van der Waals surface area (Å²) in [5.74, 6) is 1.01. The predicted molar refractivity (Wildman–Crippen MR) is 143 cm³/mol. The number of phenolic OH excluding ortho intramolecular Hbond substituents is 1. The summed E-state index contributed by atoms with van der Waals surface area (Å²) in [4.78, 5) is 9.61. The molecule has 0 amide bonds. The average molecular weight is 474 g/mol. The maximum atomic E-state index is 11.0. The number of phenols is 1. The lowest BCUT2D eigenvalue weighted by molar-refractivity contribution is 0.423. The Morgan fingerprint density at radius 1 is 0.912 bits per heavy atom. The predicted octanol–water partition coefficient (Wildman–Crippen LogP) is 7.79. The maximum Gasteiger partial charge on any atom is 0.230 e. The van der Waals surface area contributed by atoms with Gasteiger partial charge in [0.05, 0.1) is 17.6 Å². The zero-order valence-electron chi connectivity index (χ0n) is 20.7. The van der Waals surface area contributed by atoms with Crippen molar-refractivity contribution in [2.24, 2.45) is 4.99 Å². The van der Waals surface area contributed by atoms with Gasteiger partial charge in [-0.3, -0.25) is 0 Å². The SMILES string of the molecule is CC(C)(C)c1cc(C=Nc2nc3ccccc3n2Cc2ccc(Cl)cc2)cc(C(C)(C)C)c1O. The number of fused-ring (bicyclic) bond motifs is 1. The fraction of sp³-hybridized carbons (Fsp3) is 0.310.